The minimum absolute atomic E-state index is 0.207. The first-order valence-corrected chi connectivity index (χ1v) is 6.67. The number of nitrogens with two attached hydrogens (primary N) is 1. The summed E-state index contributed by atoms with van der Waals surface area (Å²) in [5, 5.41) is 0.373. The van der Waals surface area contributed by atoms with Crippen molar-refractivity contribution in [2.45, 2.75) is 13.3 Å². The number of nitrogen functional groups attached to an aromatic ring is 1. The molecule has 1 atom stereocenters. The largest absolute Gasteiger partial charge is 0.368 e. The molecule has 0 amide bonds. The van der Waals surface area contributed by atoms with Crippen LogP contribution in [0.15, 0.2) is 30.3 Å². The fourth-order valence-corrected chi connectivity index (χ4v) is 2.76. The summed E-state index contributed by atoms with van der Waals surface area (Å²) in [6, 6.07) is 10.1. The van der Waals surface area contributed by atoms with Crippen molar-refractivity contribution in [3.8, 4) is 0 Å². The molecule has 0 radical (unpaired) electrons. The third-order valence-corrected chi connectivity index (χ3v) is 3.51. The summed E-state index contributed by atoms with van der Waals surface area (Å²) >= 11 is 5.98. The maximum atomic E-state index is 5.98. The molecule has 0 saturated carbocycles. The van der Waals surface area contributed by atoms with Crippen LogP contribution in [0, 0.1) is 5.92 Å². The minimum atomic E-state index is 0.207. The van der Waals surface area contributed by atoms with Crippen LogP contribution in [0.3, 0.4) is 0 Å². The van der Waals surface area contributed by atoms with Gasteiger partial charge in [0.2, 0.25) is 5.95 Å². The number of fused-ring (bicyclic) bond motifs is 1. The summed E-state index contributed by atoms with van der Waals surface area (Å²) in [6.07, 6.45) is 1.08. The lowest BCUT2D eigenvalue weighted by Gasteiger charge is -2.34. The highest BCUT2D eigenvalue weighted by Crippen LogP contribution is 2.34. The molecule has 98 valence electrons. The van der Waals surface area contributed by atoms with Gasteiger partial charge < -0.3 is 10.6 Å². The van der Waals surface area contributed by atoms with Gasteiger partial charge in [-0.05, 0) is 24.0 Å². The molecule has 2 heterocycles. The van der Waals surface area contributed by atoms with Crippen molar-refractivity contribution >= 4 is 29.1 Å². The second-order valence-corrected chi connectivity index (χ2v) is 5.34. The molecule has 5 heteroatoms. The third kappa shape index (κ3) is 2.36. The number of benzene rings is 1. The molecule has 2 aromatic rings. The van der Waals surface area contributed by atoms with Crippen LogP contribution in [-0.2, 0) is 6.42 Å². The van der Waals surface area contributed by atoms with Crippen molar-refractivity contribution in [1.82, 2.24) is 9.97 Å². The number of para-hydroxylation sites is 1. The van der Waals surface area contributed by atoms with Gasteiger partial charge in [-0.1, -0.05) is 36.7 Å². The first-order chi connectivity index (χ1) is 9.13. The Kier molecular flexibility index (Phi) is 3.03. The van der Waals surface area contributed by atoms with E-state index >= 15 is 0 Å². The Morgan fingerprint density at radius 2 is 2.11 bits per heavy atom. The fourth-order valence-electron chi connectivity index (χ4n) is 2.57. The van der Waals surface area contributed by atoms with E-state index in [2.05, 4.69) is 40.0 Å². The molecule has 2 N–H and O–H groups in total. The lowest BCUT2D eigenvalue weighted by molar-refractivity contribution is 0.560. The summed E-state index contributed by atoms with van der Waals surface area (Å²) < 4.78 is 0. The summed E-state index contributed by atoms with van der Waals surface area (Å²) in [6.45, 7) is 3.14. The molecule has 0 bridgehead atoms. The van der Waals surface area contributed by atoms with Crippen LogP contribution in [-0.4, -0.2) is 16.5 Å². The summed E-state index contributed by atoms with van der Waals surface area (Å²) in [7, 11) is 0. The molecule has 0 saturated heterocycles. The maximum Gasteiger partial charge on any atom is 0.223 e. The SMILES string of the molecule is CC1Cc2ccccc2N(c2cc(Cl)nc(N)n2)C1. The minimum Gasteiger partial charge on any atom is -0.368 e. The van der Waals surface area contributed by atoms with Gasteiger partial charge in [0.25, 0.3) is 0 Å². The molecule has 0 fully saturated rings. The first-order valence-electron chi connectivity index (χ1n) is 6.29. The van der Waals surface area contributed by atoms with E-state index in [9.17, 15) is 0 Å². The van der Waals surface area contributed by atoms with Gasteiger partial charge in [-0.3, -0.25) is 0 Å². The Hall–Kier alpha value is -1.81. The molecule has 3 rings (SSSR count). The zero-order chi connectivity index (χ0) is 13.4. The van der Waals surface area contributed by atoms with Crippen molar-refractivity contribution in [3.63, 3.8) is 0 Å². The van der Waals surface area contributed by atoms with Gasteiger partial charge in [-0.25, -0.2) is 4.98 Å². The van der Waals surface area contributed by atoms with Gasteiger partial charge in [0.15, 0.2) is 0 Å². The highest BCUT2D eigenvalue weighted by atomic mass is 35.5. The van der Waals surface area contributed by atoms with Crippen LogP contribution in [0.1, 0.15) is 12.5 Å². The Morgan fingerprint density at radius 1 is 1.32 bits per heavy atom. The number of halogens is 1. The Bertz CT molecular complexity index is 594. The number of rotatable bonds is 1. The van der Waals surface area contributed by atoms with Gasteiger partial charge in [0.1, 0.15) is 11.0 Å². The summed E-state index contributed by atoms with van der Waals surface area (Å²) in [4.78, 5) is 10.4. The van der Waals surface area contributed by atoms with Gasteiger partial charge >= 0.3 is 0 Å². The quantitative estimate of drug-likeness (QED) is 0.812. The number of hydrogen-bond donors (Lipinski definition) is 1. The van der Waals surface area contributed by atoms with E-state index in [1.54, 1.807) is 6.07 Å². The van der Waals surface area contributed by atoms with Gasteiger partial charge in [-0.2, -0.15) is 4.98 Å². The third-order valence-electron chi connectivity index (χ3n) is 3.32. The second-order valence-electron chi connectivity index (χ2n) is 4.96. The average Bonchev–Trinajstić information content (AvgIpc) is 2.36. The lowest BCUT2D eigenvalue weighted by atomic mass is 9.94. The predicted octanol–water partition coefficient (Wildman–Crippen LogP) is 3.04. The molecular formula is C14H15ClN4. The van der Waals surface area contributed by atoms with E-state index < -0.39 is 0 Å². The van der Waals surface area contributed by atoms with Crippen LogP contribution in [0.25, 0.3) is 0 Å². The molecule has 19 heavy (non-hydrogen) atoms. The lowest BCUT2D eigenvalue weighted by Crippen LogP contribution is -2.31. The normalized spacial score (nSPS) is 18.2. The van der Waals surface area contributed by atoms with Crippen molar-refractivity contribution in [1.29, 1.82) is 0 Å². The van der Waals surface area contributed by atoms with E-state index in [4.69, 9.17) is 17.3 Å². The molecule has 1 aromatic heterocycles. The second kappa shape index (κ2) is 4.70. The van der Waals surface area contributed by atoms with E-state index in [0.717, 1.165) is 18.8 Å². The number of anilines is 3. The zero-order valence-electron chi connectivity index (χ0n) is 10.7. The Balaban J connectivity index is 2.09. The predicted molar refractivity (Wildman–Crippen MR) is 77.8 cm³/mol. The molecule has 0 spiro atoms. The van der Waals surface area contributed by atoms with E-state index in [-0.39, 0.29) is 5.95 Å². The Morgan fingerprint density at radius 3 is 2.89 bits per heavy atom. The molecule has 4 nitrogen and oxygen atoms in total. The van der Waals surface area contributed by atoms with Crippen molar-refractivity contribution < 1.29 is 0 Å². The van der Waals surface area contributed by atoms with E-state index in [0.29, 0.717) is 11.1 Å². The highest BCUT2D eigenvalue weighted by Gasteiger charge is 2.23. The van der Waals surface area contributed by atoms with Crippen LogP contribution < -0.4 is 10.6 Å². The van der Waals surface area contributed by atoms with Crippen LogP contribution in [0.5, 0.6) is 0 Å². The van der Waals surface area contributed by atoms with Gasteiger partial charge in [0, 0.05) is 18.3 Å². The van der Waals surface area contributed by atoms with Crippen molar-refractivity contribution in [2.24, 2.45) is 5.92 Å². The maximum absolute atomic E-state index is 5.98. The Labute approximate surface area is 117 Å². The van der Waals surface area contributed by atoms with Crippen LogP contribution in [0.2, 0.25) is 5.15 Å². The highest BCUT2D eigenvalue weighted by molar-refractivity contribution is 6.29. The zero-order valence-corrected chi connectivity index (χ0v) is 11.4. The van der Waals surface area contributed by atoms with Crippen molar-refractivity contribution in [2.75, 3.05) is 17.2 Å². The standard InChI is InChI=1S/C14H15ClN4/c1-9-6-10-4-2-3-5-11(10)19(8-9)13-7-12(15)17-14(16)18-13/h2-5,7,9H,6,8H2,1H3,(H2,16,17,18). The first kappa shape index (κ1) is 12.2. The topological polar surface area (TPSA) is 55.0 Å². The number of nitrogens with zero attached hydrogens (tertiary/aromatic N) is 3. The molecular weight excluding hydrogens is 260 g/mol. The van der Waals surface area contributed by atoms with Crippen LogP contribution >= 0.6 is 11.6 Å². The molecule has 1 unspecified atom stereocenters. The fraction of sp³-hybridized carbons (Fsp3) is 0.286. The van der Waals surface area contributed by atoms with Gasteiger partial charge in [-0.15, -0.1) is 0 Å². The van der Waals surface area contributed by atoms with Gasteiger partial charge in [0.05, 0.1) is 0 Å². The monoisotopic (exact) mass is 274 g/mol. The van der Waals surface area contributed by atoms with Crippen LogP contribution in [0.4, 0.5) is 17.5 Å². The summed E-state index contributed by atoms with van der Waals surface area (Å²) in [5.41, 5.74) is 8.19. The summed E-state index contributed by atoms with van der Waals surface area (Å²) in [5.74, 6) is 1.53. The number of aromatic nitrogens is 2. The average molecular weight is 275 g/mol. The molecule has 1 aliphatic heterocycles. The van der Waals surface area contributed by atoms with E-state index in [1.165, 1.54) is 11.3 Å². The molecule has 1 aromatic carbocycles. The smallest absolute Gasteiger partial charge is 0.223 e. The number of hydrogen-bond acceptors (Lipinski definition) is 4. The van der Waals surface area contributed by atoms with E-state index in [1.807, 2.05) is 6.07 Å². The molecule has 1 aliphatic rings. The van der Waals surface area contributed by atoms with Crippen molar-refractivity contribution in [3.05, 3.63) is 41.0 Å². The molecule has 0 aliphatic carbocycles.